The predicted octanol–water partition coefficient (Wildman–Crippen LogP) is 6.26. The number of carbonyl (C=O) groups is 2. The van der Waals surface area contributed by atoms with Crippen LogP contribution in [0.15, 0.2) is 66.9 Å². The second-order valence-corrected chi connectivity index (χ2v) is 12.1. The first kappa shape index (κ1) is 33.1. The third-order valence-corrected chi connectivity index (χ3v) is 9.31. The van der Waals surface area contributed by atoms with Crippen molar-refractivity contribution >= 4 is 34.1 Å². The molecule has 2 aliphatic rings. The lowest BCUT2D eigenvalue weighted by atomic mass is 9.99. The van der Waals surface area contributed by atoms with Gasteiger partial charge in [0.15, 0.2) is 23.1 Å². The van der Waals surface area contributed by atoms with Gasteiger partial charge in [0.1, 0.15) is 17.0 Å². The summed E-state index contributed by atoms with van der Waals surface area (Å²) in [5.74, 6) is -1.42. The molecule has 252 valence electrons. The average molecular weight is 661 g/mol. The zero-order valence-corrected chi connectivity index (χ0v) is 27.1. The molecule has 2 N–H and O–H groups in total. The van der Waals surface area contributed by atoms with Crippen LogP contribution in [0.2, 0.25) is 0 Å². The fraction of sp³-hybridized carbons (Fsp3) is 0.361. The first-order valence-corrected chi connectivity index (χ1v) is 16.0. The number of carbonyl (C=O) groups excluding carboxylic acids is 2. The lowest BCUT2D eigenvalue weighted by Gasteiger charge is -2.26. The molecule has 6 rings (SSSR count). The molecule has 0 unspecified atom stereocenters. The number of amides is 2. The molecule has 0 bridgehead atoms. The van der Waals surface area contributed by atoms with Crippen LogP contribution in [0.5, 0.6) is 23.0 Å². The number of anilines is 2. The number of aromatic nitrogens is 1. The number of ether oxygens (including phenoxy) is 4. The van der Waals surface area contributed by atoms with E-state index in [0.29, 0.717) is 40.4 Å². The largest absolute Gasteiger partial charge is 0.493 e. The first-order valence-electron chi connectivity index (χ1n) is 16.0. The Morgan fingerprint density at radius 2 is 1.58 bits per heavy atom. The number of halogens is 2. The highest BCUT2D eigenvalue weighted by atomic mass is 19.1. The molecule has 3 aromatic carbocycles. The van der Waals surface area contributed by atoms with E-state index in [2.05, 4.69) is 20.5 Å². The van der Waals surface area contributed by atoms with Gasteiger partial charge in [-0.15, -0.1) is 0 Å². The van der Waals surface area contributed by atoms with Crippen molar-refractivity contribution in [2.45, 2.75) is 20.3 Å². The van der Waals surface area contributed by atoms with Crippen molar-refractivity contribution in [3.8, 4) is 23.0 Å². The number of nitrogens with zero attached hydrogens (tertiary/aromatic N) is 2. The minimum absolute atomic E-state index is 0.0696. The summed E-state index contributed by atoms with van der Waals surface area (Å²) in [7, 11) is 1.55. The van der Waals surface area contributed by atoms with E-state index in [1.54, 1.807) is 31.5 Å². The molecule has 1 aliphatic carbocycles. The van der Waals surface area contributed by atoms with Crippen molar-refractivity contribution in [3.05, 3.63) is 78.5 Å². The maximum atomic E-state index is 15.4. The summed E-state index contributed by atoms with van der Waals surface area (Å²) in [5.41, 5.74) is -0.239. The van der Waals surface area contributed by atoms with Gasteiger partial charge in [-0.2, -0.15) is 0 Å². The number of fused-ring (bicyclic) bond motifs is 1. The molecule has 3 atom stereocenters. The van der Waals surface area contributed by atoms with Crippen LogP contribution in [-0.4, -0.2) is 68.3 Å². The van der Waals surface area contributed by atoms with Crippen LogP contribution in [0.3, 0.4) is 0 Å². The van der Waals surface area contributed by atoms with Crippen LogP contribution in [0.25, 0.3) is 10.9 Å². The summed E-state index contributed by atoms with van der Waals surface area (Å²) >= 11 is 0. The Balaban J connectivity index is 1.13. The molecule has 48 heavy (non-hydrogen) atoms. The van der Waals surface area contributed by atoms with Gasteiger partial charge in [-0.1, -0.05) is 13.8 Å². The smallest absolute Gasteiger partial charge is 0.240 e. The van der Waals surface area contributed by atoms with E-state index in [-0.39, 0.29) is 23.3 Å². The van der Waals surface area contributed by atoms with Crippen LogP contribution < -0.4 is 24.8 Å². The number of hydrogen-bond acceptors (Lipinski definition) is 8. The van der Waals surface area contributed by atoms with Crippen molar-refractivity contribution in [2.75, 3.05) is 57.2 Å². The van der Waals surface area contributed by atoms with E-state index in [0.717, 1.165) is 45.3 Å². The van der Waals surface area contributed by atoms with Crippen molar-refractivity contribution in [3.63, 3.8) is 0 Å². The van der Waals surface area contributed by atoms with Gasteiger partial charge < -0.3 is 29.6 Å². The molecule has 2 fully saturated rings. The van der Waals surface area contributed by atoms with Gasteiger partial charge in [0.25, 0.3) is 0 Å². The average Bonchev–Trinajstić information content (AvgIpc) is 3.65. The summed E-state index contributed by atoms with van der Waals surface area (Å²) < 4.78 is 51.7. The summed E-state index contributed by atoms with van der Waals surface area (Å²) in [6, 6.07) is 14.5. The molecule has 2 amide bonds. The van der Waals surface area contributed by atoms with E-state index < -0.39 is 28.9 Å². The normalized spacial score (nSPS) is 20.6. The van der Waals surface area contributed by atoms with E-state index in [9.17, 15) is 14.0 Å². The fourth-order valence-corrected chi connectivity index (χ4v) is 6.27. The van der Waals surface area contributed by atoms with Gasteiger partial charge in [-0.05, 0) is 66.8 Å². The van der Waals surface area contributed by atoms with Crippen molar-refractivity contribution < 1.29 is 37.3 Å². The number of morpholine rings is 1. The SMILES string of the molecule is COc1cc2c(Oc3ccc(NC(=O)[C@@]4(C(=O)Nc5ccc(F)cc5)[C@H](C)[C@@H]4C)cc3F)ccnc2cc1OCCCN1CCOCC1. The lowest BCUT2D eigenvalue weighted by Crippen LogP contribution is -2.38. The molecule has 0 radical (unpaired) electrons. The topological polar surface area (TPSA) is 111 Å². The Kier molecular flexibility index (Phi) is 9.74. The first-order chi connectivity index (χ1) is 23.2. The zero-order chi connectivity index (χ0) is 33.8. The van der Waals surface area contributed by atoms with Crippen molar-refractivity contribution in [1.82, 2.24) is 9.88 Å². The van der Waals surface area contributed by atoms with Gasteiger partial charge in [-0.25, -0.2) is 8.78 Å². The van der Waals surface area contributed by atoms with Crippen LogP contribution in [0, 0.1) is 28.9 Å². The Hall–Kier alpha value is -4.81. The van der Waals surface area contributed by atoms with Gasteiger partial charge in [-0.3, -0.25) is 19.5 Å². The highest BCUT2D eigenvalue weighted by Gasteiger charge is 2.69. The predicted molar refractivity (Wildman–Crippen MR) is 177 cm³/mol. The molecule has 4 aromatic rings. The van der Waals surface area contributed by atoms with Gasteiger partial charge in [0.05, 0.1) is 32.4 Å². The second-order valence-electron chi connectivity index (χ2n) is 12.1. The van der Waals surface area contributed by atoms with Crippen LogP contribution >= 0.6 is 0 Å². The van der Waals surface area contributed by atoms with Gasteiger partial charge >= 0.3 is 0 Å². The number of rotatable bonds is 12. The number of hydrogen-bond donors (Lipinski definition) is 2. The molecule has 12 heteroatoms. The fourth-order valence-electron chi connectivity index (χ4n) is 6.27. The third kappa shape index (κ3) is 6.76. The maximum Gasteiger partial charge on any atom is 0.240 e. The summed E-state index contributed by atoms with van der Waals surface area (Å²) in [6.45, 7) is 8.37. The van der Waals surface area contributed by atoms with E-state index in [1.807, 2.05) is 13.8 Å². The summed E-state index contributed by atoms with van der Waals surface area (Å²) in [6.07, 6.45) is 2.41. The molecule has 1 aliphatic heterocycles. The molecule has 1 saturated carbocycles. The Morgan fingerprint density at radius 1 is 0.896 bits per heavy atom. The van der Waals surface area contributed by atoms with Gasteiger partial charge in [0.2, 0.25) is 11.8 Å². The highest BCUT2D eigenvalue weighted by molar-refractivity contribution is 6.17. The van der Waals surface area contributed by atoms with E-state index in [4.69, 9.17) is 18.9 Å². The minimum Gasteiger partial charge on any atom is -0.493 e. The molecule has 10 nitrogen and oxygen atoms in total. The van der Waals surface area contributed by atoms with Gasteiger partial charge in [0, 0.05) is 54.7 Å². The number of benzene rings is 3. The molecule has 1 aromatic heterocycles. The molecular formula is C36H38F2N4O6. The molecular weight excluding hydrogens is 622 g/mol. The summed E-state index contributed by atoms with van der Waals surface area (Å²) in [4.78, 5) is 33.5. The second kappa shape index (κ2) is 14.1. The van der Waals surface area contributed by atoms with Crippen LogP contribution in [-0.2, 0) is 14.3 Å². The molecule has 2 heterocycles. The quantitative estimate of drug-likeness (QED) is 0.135. The standard InChI is InChI=1S/C36H38F2N4O6/c1-22-23(2)36(22,34(43)40-25-7-5-24(37)6-8-25)35(44)41-26-9-10-31(28(38)19-26)48-30-11-12-39-29-21-33(32(45-3)20-27(29)30)47-16-4-13-42-14-17-46-18-15-42/h5-12,19-23H,4,13-18H2,1-3H3,(H,40,43)(H,41,44)/t22-,23+,36+. The Bertz CT molecular complexity index is 1790. The van der Waals surface area contributed by atoms with Crippen LogP contribution in [0.4, 0.5) is 20.2 Å². The molecule has 1 saturated heterocycles. The van der Waals surface area contributed by atoms with E-state index >= 15 is 4.39 Å². The Morgan fingerprint density at radius 3 is 2.25 bits per heavy atom. The maximum absolute atomic E-state index is 15.4. The monoisotopic (exact) mass is 660 g/mol. The highest BCUT2D eigenvalue weighted by Crippen LogP contribution is 2.59. The third-order valence-electron chi connectivity index (χ3n) is 9.31. The number of methoxy groups -OCH3 is 1. The number of pyridine rings is 1. The Labute approximate surface area is 277 Å². The molecule has 0 spiro atoms. The van der Waals surface area contributed by atoms with Crippen molar-refractivity contribution in [2.24, 2.45) is 17.3 Å². The van der Waals surface area contributed by atoms with Crippen LogP contribution in [0.1, 0.15) is 20.3 Å². The lowest BCUT2D eigenvalue weighted by molar-refractivity contribution is -0.132. The van der Waals surface area contributed by atoms with E-state index in [1.165, 1.54) is 36.4 Å². The summed E-state index contributed by atoms with van der Waals surface area (Å²) in [5, 5.41) is 6.00. The van der Waals surface area contributed by atoms with Crippen molar-refractivity contribution in [1.29, 1.82) is 0 Å². The minimum atomic E-state index is -1.36. The zero-order valence-electron chi connectivity index (χ0n) is 27.1. The number of nitrogens with one attached hydrogen (secondary N) is 2.